The van der Waals surface area contributed by atoms with Crippen molar-refractivity contribution in [1.82, 2.24) is 10.4 Å². The van der Waals surface area contributed by atoms with Gasteiger partial charge in [0.2, 0.25) is 0 Å². The van der Waals surface area contributed by atoms with Gasteiger partial charge in [-0.1, -0.05) is 42.5 Å². The second-order valence-corrected chi connectivity index (χ2v) is 9.12. The fourth-order valence-electron chi connectivity index (χ4n) is 4.37. The topological polar surface area (TPSA) is 62.8 Å². The SMILES string of the molecule is O=C(Nc1ccc(OCc2ccccc2)cc1)N1CCC2(C=C(c3ccc(C(F)(F)F)cc3)NO2)CC1. The number of nitrogens with one attached hydrogen (secondary N) is 2. The van der Waals surface area contributed by atoms with E-state index in [1.54, 1.807) is 17.0 Å². The number of likely N-dealkylation sites (tertiary alicyclic amines) is 1. The first-order valence-corrected chi connectivity index (χ1v) is 12.0. The molecule has 2 N–H and O–H groups in total. The summed E-state index contributed by atoms with van der Waals surface area (Å²) in [5, 5.41) is 2.91. The molecular weight excluding hydrogens is 483 g/mol. The molecule has 2 heterocycles. The predicted octanol–water partition coefficient (Wildman–Crippen LogP) is 6.23. The van der Waals surface area contributed by atoms with Gasteiger partial charge in [-0.2, -0.15) is 13.2 Å². The monoisotopic (exact) mass is 509 g/mol. The van der Waals surface area contributed by atoms with Gasteiger partial charge in [-0.3, -0.25) is 10.3 Å². The number of hydroxylamine groups is 1. The molecule has 192 valence electrons. The summed E-state index contributed by atoms with van der Waals surface area (Å²) in [5.74, 6) is 0.711. The molecule has 1 fully saturated rings. The Hall–Kier alpha value is -3.98. The summed E-state index contributed by atoms with van der Waals surface area (Å²) in [6, 6.07) is 21.8. The molecular formula is C28H26F3N3O3. The van der Waals surface area contributed by atoms with Gasteiger partial charge < -0.3 is 15.0 Å². The number of benzene rings is 3. The normalized spacial score (nSPS) is 16.7. The van der Waals surface area contributed by atoms with E-state index in [4.69, 9.17) is 9.57 Å². The van der Waals surface area contributed by atoms with Gasteiger partial charge in [0.15, 0.2) is 0 Å². The first-order valence-electron chi connectivity index (χ1n) is 12.0. The molecule has 2 amide bonds. The molecule has 0 atom stereocenters. The highest BCUT2D eigenvalue weighted by Gasteiger charge is 2.40. The van der Waals surface area contributed by atoms with Gasteiger partial charge in [0.05, 0.1) is 11.3 Å². The molecule has 0 radical (unpaired) electrons. The van der Waals surface area contributed by atoms with Gasteiger partial charge in [0.25, 0.3) is 0 Å². The molecule has 6 nitrogen and oxygen atoms in total. The molecule has 1 spiro atoms. The van der Waals surface area contributed by atoms with E-state index in [0.29, 0.717) is 55.2 Å². The quantitative estimate of drug-likeness (QED) is 0.428. The number of rotatable bonds is 5. The van der Waals surface area contributed by atoms with Gasteiger partial charge in [-0.25, -0.2) is 4.79 Å². The van der Waals surface area contributed by atoms with Crippen LogP contribution in [0.4, 0.5) is 23.7 Å². The Bertz CT molecular complexity index is 1250. The summed E-state index contributed by atoms with van der Waals surface area (Å²) in [7, 11) is 0. The van der Waals surface area contributed by atoms with Crippen LogP contribution in [-0.4, -0.2) is 29.6 Å². The number of piperidine rings is 1. The third-order valence-corrected chi connectivity index (χ3v) is 6.55. The fourth-order valence-corrected chi connectivity index (χ4v) is 4.37. The van der Waals surface area contributed by atoms with E-state index in [9.17, 15) is 18.0 Å². The van der Waals surface area contributed by atoms with Gasteiger partial charge >= 0.3 is 12.2 Å². The van der Waals surface area contributed by atoms with Crippen LogP contribution in [0.5, 0.6) is 5.75 Å². The molecule has 37 heavy (non-hydrogen) atoms. The van der Waals surface area contributed by atoms with Crippen LogP contribution in [0.3, 0.4) is 0 Å². The van der Waals surface area contributed by atoms with Gasteiger partial charge in [0, 0.05) is 31.6 Å². The summed E-state index contributed by atoms with van der Waals surface area (Å²) < 4.78 is 44.3. The Kier molecular flexibility index (Phi) is 6.80. The van der Waals surface area contributed by atoms with E-state index < -0.39 is 17.3 Å². The molecule has 0 aromatic heterocycles. The van der Waals surface area contributed by atoms with Gasteiger partial charge in [0.1, 0.15) is 18.0 Å². The number of hydrogen-bond donors (Lipinski definition) is 2. The van der Waals surface area contributed by atoms with Crippen LogP contribution in [-0.2, 0) is 17.6 Å². The van der Waals surface area contributed by atoms with Crippen LogP contribution in [0, 0.1) is 0 Å². The maximum absolute atomic E-state index is 12.8. The number of halogens is 3. The van der Waals surface area contributed by atoms with Crippen LogP contribution in [0.15, 0.2) is 84.9 Å². The molecule has 2 aliphatic heterocycles. The maximum Gasteiger partial charge on any atom is 0.416 e. The number of urea groups is 1. The van der Waals surface area contributed by atoms with Crippen molar-refractivity contribution in [3.8, 4) is 5.75 Å². The highest BCUT2D eigenvalue weighted by atomic mass is 19.4. The van der Waals surface area contributed by atoms with E-state index in [-0.39, 0.29) is 6.03 Å². The lowest BCUT2D eigenvalue weighted by molar-refractivity contribution is -0.137. The highest BCUT2D eigenvalue weighted by Crippen LogP contribution is 2.36. The zero-order valence-electron chi connectivity index (χ0n) is 19.9. The van der Waals surface area contributed by atoms with E-state index in [0.717, 1.165) is 17.7 Å². The second-order valence-electron chi connectivity index (χ2n) is 9.12. The molecule has 0 unspecified atom stereocenters. The summed E-state index contributed by atoms with van der Waals surface area (Å²) in [6.45, 7) is 1.42. The summed E-state index contributed by atoms with van der Waals surface area (Å²) >= 11 is 0. The predicted molar refractivity (Wildman–Crippen MR) is 133 cm³/mol. The lowest BCUT2D eigenvalue weighted by atomic mass is 9.90. The first-order chi connectivity index (χ1) is 17.8. The van der Waals surface area contributed by atoms with Crippen molar-refractivity contribution in [3.63, 3.8) is 0 Å². The average Bonchev–Trinajstić information content (AvgIpc) is 3.32. The fraction of sp³-hybridized carbons (Fsp3) is 0.250. The van der Waals surface area contributed by atoms with Crippen molar-refractivity contribution in [3.05, 3.63) is 102 Å². The largest absolute Gasteiger partial charge is 0.489 e. The Morgan fingerprint density at radius 1 is 0.973 bits per heavy atom. The van der Waals surface area contributed by atoms with Crippen molar-refractivity contribution >= 4 is 17.4 Å². The molecule has 0 saturated carbocycles. The van der Waals surface area contributed by atoms with E-state index in [1.165, 1.54) is 12.1 Å². The standard InChI is InChI=1S/C28H26F3N3O3/c29-28(30,31)22-8-6-21(7-9-22)25-18-27(37-33-25)14-16-34(17-15-27)26(35)32-23-10-12-24(13-11-23)36-19-20-4-2-1-3-5-20/h1-13,18,33H,14-17,19H2,(H,32,35). The Morgan fingerprint density at radius 3 is 2.30 bits per heavy atom. The van der Waals surface area contributed by atoms with Gasteiger partial charge in [-0.05, 0) is 53.6 Å². The minimum Gasteiger partial charge on any atom is -0.489 e. The number of alkyl halides is 3. The number of anilines is 1. The van der Waals surface area contributed by atoms with Crippen molar-refractivity contribution in [2.24, 2.45) is 0 Å². The zero-order valence-corrected chi connectivity index (χ0v) is 19.9. The highest BCUT2D eigenvalue weighted by molar-refractivity contribution is 5.89. The number of carbonyl (C=O) groups is 1. The third-order valence-electron chi connectivity index (χ3n) is 6.55. The van der Waals surface area contributed by atoms with Crippen molar-refractivity contribution in [2.75, 3.05) is 18.4 Å². The minimum atomic E-state index is -4.38. The number of ether oxygens (including phenoxy) is 1. The molecule has 2 aliphatic rings. The molecule has 1 saturated heterocycles. The molecule has 3 aromatic rings. The smallest absolute Gasteiger partial charge is 0.416 e. The minimum absolute atomic E-state index is 0.203. The molecule has 0 aliphatic carbocycles. The zero-order chi connectivity index (χ0) is 25.9. The van der Waals surface area contributed by atoms with Crippen LogP contribution < -0.4 is 15.5 Å². The molecule has 3 aromatic carbocycles. The van der Waals surface area contributed by atoms with Crippen LogP contribution in [0.1, 0.15) is 29.5 Å². The molecule has 0 bridgehead atoms. The maximum atomic E-state index is 12.8. The van der Waals surface area contributed by atoms with Crippen molar-refractivity contribution < 1.29 is 27.5 Å². The number of amides is 2. The number of nitrogens with zero attached hydrogens (tertiary/aromatic N) is 1. The average molecular weight is 510 g/mol. The Labute approximate surface area is 212 Å². The summed E-state index contributed by atoms with van der Waals surface area (Å²) in [5.41, 5.74) is 4.53. The molecule has 5 rings (SSSR count). The number of carbonyl (C=O) groups excluding carboxylic acids is 1. The van der Waals surface area contributed by atoms with Crippen molar-refractivity contribution in [1.29, 1.82) is 0 Å². The van der Waals surface area contributed by atoms with E-state index in [1.807, 2.05) is 48.5 Å². The first kappa shape index (κ1) is 24.7. The lowest BCUT2D eigenvalue weighted by Crippen LogP contribution is -2.48. The molecule has 9 heteroatoms. The van der Waals surface area contributed by atoms with Crippen LogP contribution in [0.2, 0.25) is 0 Å². The van der Waals surface area contributed by atoms with Crippen molar-refractivity contribution in [2.45, 2.75) is 31.2 Å². The summed E-state index contributed by atoms with van der Waals surface area (Å²) in [6.07, 6.45) is -1.36. The Morgan fingerprint density at radius 2 is 1.65 bits per heavy atom. The van der Waals surface area contributed by atoms with Gasteiger partial charge in [-0.15, -0.1) is 0 Å². The lowest BCUT2D eigenvalue weighted by Gasteiger charge is -2.36. The van der Waals surface area contributed by atoms with Crippen LogP contribution >= 0.6 is 0 Å². The summed E-state index contributed by atoms with van der Waals surface area (Å²) in [4.78, 5) is 20.3. The second kappa shape index (κ2) is 10.2. The van der Waals surface area contributed by atoms with E-state index in [2.05, 4.69) is 10.8 Å². The Balaban J connectivity index is 1.12. The van der Waals surface area contributed by atoms with Crippen LogP contribution in [0.25, 0.3) is 5.70 Å². The number of hydrogen-bond acceptors (Lipinski definition) is 4. The third kappa shape index (κ3) is 5.89. The van der Waals surface area contributed by atoms with E-state index >= 15 is 0 Å².